The summed E-state index contributed by atoms with van der Waals surface area (Å²) >= 11 is 0. The minimum Gasteiger partial charge on any atom is -0.508 e. The van der Waals surface area contributed by atoms with E-state index in [2.05, 4.69) is 26.8 Å². The molecule has 23 heavy (non-hydrogen) atoms. The Labute approximate surface area is 138 Å². The second-order valence-corrected chi connectivity index (χ2v) is 8.31. The van der Waals surface area contributed by atoms with Gasteiger partial charge in [0.2, 0.25) is 0 Å². The van der Waals surface area contributed by atoms with Crippen LogP contribution >= 0.6 is 0 Å². The number of rotatable bonds is 2. The standard InChI is InChI=1S/C20H28O3/c1-12(2)14-10-13-6-7-17-19(3,15(13)11-16(14)21)8-5-9-20(17,4)18(22)23/h10-12,17,21H,5-9H2,1-4H3,(H,22,23)/t17-,19+,20+/m0/s1. The fourth-order valence-corrected chi connectivity index (χ4v) is 5.24. The molecule has 0 radical (unpaired) electrons. The van der Waals surface area contributed by atoms with Crippen molar-refractivity contribution < 1.29 is 15.0 Å². The van der Waals surface area contributed by atoms with Gasteiger partial charge in [-0.05, 0) is 72.6 Å². The monoisotopic (exact) mass is 316 g/mol. The Kier molecular flexibility index (Phi) is 3.74. The van der Waals surface area contributed by atoms with E-state index in [9.17, 15) is 15.0 Å². The van der Waals surface area contributed by atoms with Crippen LogP contribution in [0.5, 0.6) is 5.75 Å². The summed E-state index contributed by atoms with van der Waals surface area (Å²) in [6, 6.07) is 4.09. The lowest BCUT2D eigenvalue weighted by atomic mass is 9.49. The number of fused-ring (bicyclic) bond motifs is 3. The summed E-state index contributed by atoms with van der Waals surface area (Å²) in [6.07, 6.45) is 4.54. The molecule has 0 unspecified atom stereocenters. The number of carbonyl (C=O) groups is 1. The average molecular weight is 316 g/mol. The molecule has 2 aliphatic rings. The van der Waals surface area contributed by atoms with Crippen LogP contribution < -0.4 is 0 Å². The van der Waals surface area contributed by atoms with E-state index in [0.29, 0.717) is 11.7 Å². The minimum absolute atomic E-state index is 0.137. The van der Waals surface area contributed by atoms with Gasteiger partial charge < -0.3 is 10.2 Å². The lowest BCUT2D eigenvalue weighted by Crippen LogP contribution is -2.52. The lowest BCUT2D eigenvalue weighted by Gasteiger charge is -2.53. The van der Waals surface area contributed by atoms with Gasteiger partial charge in [-0.2, -0.15) is 0 Å². The molecule has 0 amide bonds. The first kappa shape index (κ1) is 16.4. The van der Waals surface area contributed by atoms with Gasteiger partial charge in [0, 0.05) is 0 Å². The maximum atomic E-state index is 11.9. The summed E-state index contributed by atoms with van der Waals surface area (Å²) in [5, 5.41) is 20.3. The third kappa shape index (κ3) is 2.28. The van der Waals surface area contributed by atoms with Crippen LogP contribution in [0.4, 0.5) is 0 Å². The Morgan fingerprint density at radius 1 is 1.26 bits per heavy atom. The lowest BCUT2D eigenvalue weighted by molar-refractivity contribution is -0.157. The number of hydrogen-bond donors (Lipinski definition) is 2. The Bertz CT molecular complexity index is 649. The van der Waals surface area contributed by atoms with Crippen LogP contribution in [0.3, 0.4) is 0 Å². The molecule has 3 heteroatoms. The van der Waals surface area contributed by atoms with Crippen molar-refractivity contribution in [1.82, 2.24) is 0 Å². The van der Waals surface area contributed by atoms with Crippen LogP contribution in [-0.2, 0) is 16.6 Å². The van der Waals surface area contributed by atoms with Gasteiger partial charge in [0.25, 0.3) is 0 Å². The largest absolute Gasteiger partial charge is 0.508 e. The molecule has 3 rings (SSSR count). The fourth-order valence-electron chi connectivity index (χ4n) is 5.24. The second-order valence-electron chi connectivity index (χ2n) is 8.31. The summed E-state index contributed by atoms with van der Waals surface area (Å²) in [7, 11) is 0. The van der Waals surface area contributed by atoms with Crippen molar-refractivity contribution in [3.63, 3.8) is 0 Å². The highest BCUT2D eigenvalue weighted by atomic mass is 16.4. The number of phenols is 1. The van der Waals surface area contributed by atoms with E-state index < -0.39 is 11.4 Å². The molecule has 0 aromatic heterocycles. The van der Waals surface area contributed by atoms with E-state index in [1.807, 2.05) is 13.0 Å². The molecule has 0 spiro atoms. The van der Waals surface area contributed by atoms with E-state index >= 15 is 0 Å². The molecule has 3 nitrogen and oxygen atoms in total. The highest BCUT2D eigenvalue weighted by Gasteiger charge is 2.55. The molecule has 0 aliphatic heterocycles. The van der Waals surface area contributed by atoms with Crippen LogP contribution in [0.2, 0.25) is 0 Å². The Hall–Kier alpha value is -1.51. The summed E-state index contributed by atoms with van der Waals surface area (Å²) < 4.78 is 0. The molecular weight excluding hydrogens is 288 g/mol. The summed E-state index contributed by atoms with van der Waals surface area (Å²) in [5.41, 5.74) is 2.69. The summed E-state index contributed by atoms with van der Waals surface area (Å²) in [5.74, 6) is 0.127. The van der Waals surface area contributed by atoms with Crippen molar-refractivity contribution in [2.24, 2.45) is 11.3 Å². The predicted octanol–water partition coefficient (Wildman–Crippen LogP) is 4.61. The van der Waals surface area contributed by atoms with Crippen molar-refractivity contribution in [2.75, 3.05) is 0 Å². The van der Waals surface area contributed by atoms with E-state index in [0.717, 1.165) is 37.7 Å². The van der Waals surface area contributed by atoms with Gasteiger partial charge >= 0.3 is 5.97 Å². The molecular formula is C20H28O3. The third-order valence-corrected chi connectivity index (χ3v) is 6.61. The molecule has 1 fully saturated rings. The quantitative estimate of drug-likeness (QED) is 0.837. The van der Waals surface area contributed by atoms with E-state index in [-0.39, 0.29) is 11.3 Å². The maximum Gasteiger partial charge on any atom is 0.309 e. The van der Waals surface area contributed by atoms with Crippen molar-refractivity contribution in [3.05, 3.63) is 28.8 Å². The van der Waals surface area contributed by atoms with Crippen LogP contribution in [0, 0.1) is 11.3 Å². The van der Waals surface area contributed by atoms with Crippen molar-refractivity contribution >= 4 is 5.97 Å². The van der Waals surface area contributed by atoms with Crippen LogP contribution in [0.15, 0.2) is 12.1 Å². The average Bonchev–Trinajstić information content (AvgIpc) is 2.46. The smallest absolute Gasteiger partial charge is 0.309 e. The van der Waals surface area contributed by atoms with Crippen molar-refractivity contribution in [3.8, 4) is 5.75 Å². The first-order valence-electron chi connectivity index (χ1n) is 8.80. The summed E-state index contributed by atoms with van der Waals surface area (Å²) in [4.78, 5) is 11.9. The zero-order chi connectivity index (χ0) is 17.0. The number of aliphatic carboxylic acids is 1. The summed E-state index contributed by atoms with van der Waals surface area (Å²) in [6.45, 7) is 8.32. The van der Waals surface area contributed by atoms with E-state index in [1.54, 1.807) is 0 Å². The number of aryl methyl sites for hydroxylation is 1. The van der Waals surface area contributed by atoms with Gasteiger partial charge in [-0.15, -0.1) is 0 Å². The minimum atomic E-state index is -0.667. The number of aromatic hydroxyl groups is 1. The van der Waals surface area contributed by atoms with Gasteiger partial charge in [0.1, 0.15) is 5.75 Å². The Morgan fingerprint density at radius 2 is 1.96 bits per heavy atom. The second kappa shape index (κ2) is 5.25. The van der Waals surface area contributed by atoms with Gasteiger partial charge in [-0.1, -0.05) is 33.3 Å². The normalized spacial score (nSPS) is 33.2. The van der Waals surface area contributed by atoms with Gasteiger partial charge in [0.15, 0.2) is 0 Å². The molecule has 2 aliphatic carbocycles. The van der Waals surface area contributed by atoms with Gasteiger partial charge in [0.05, 0.1) is 5.41 Å². The molecule has 2 N–H and O–H groups in total. The van der Waals surface area contributed by atoms with Gasteiger partial charge in [-0.3, -0.25) is 4.79 Å². The molecule has 0 bridgehead atoms. The van der Waals surface area contributed by atoms with Gasteiger partial charge in [-0.25, -0.2) is 0 Å². The first-order chi connectivity index (χ1) is 10.7. The highest BCUT2D eigenvalue weighted by Crippen LogP contribution is 2.58. The Balaban J connectivity index is 2.13. The molecule has 1 saturated carbocycles. The van der Waals surface area contributed by atoms with E-state index in [4.69, 9.17) is 0 Å². The first-order valence-corrected chi connectivity index (χ1v) is 8.80. The van der Waals surface area contributed by atoms with Crippen LogP contribution in [0.1, 0.15) is 76.0 Å². The molecule has 3 atom stereocenters. The topological polar surface area (TPSA) is 57.5 Å². The number of benzene rings is 1. The number of carboxylic acid groups (broad SMARTS) is 1. The number of phenolic OH excluding ortho intramolecular Hbond substituents is 1. The van der Waals surface area contributed by atoms with Crippen LogP contribution in [0.25, 0.3) is 0 Å². The Morgan fingerprint density at radius 3 is 2.57 bits per heavy atom. The number of carboxylic acids is 1. The van der Waals surface area contributed by atoms with Crippen molar-refractivity contribution in [1.29, 1.82) is 0 Å². The SMILES string of the molecule is CC(C)c1cc2c(cc1O)[C@@]1(C)CCC[C@@](C)(C(=O)O)[C@H]1CC2. The molecule has 0 heterocycles. The number of hydrogen-bond acceptors (Lipinski definition) is 2. The molecule has 1 aromatic rings. The molecule has 1 aromatic carbocycles. The molecule has 0 saturated heterocycles. The maximum absolute atomic E-state index is 11.9. The highest BCUT2D eigenvalue weighted by molar-refractivity contribution is 5.75. The zero-order valence-electron chi connectivity index (χ0n) is 14.6. The van der Waals surface area contributed by atoms with Crippen LogP contribution in [-0.4, -0.2) is 16.2 Å². The van der Waals surface area contributed by atoms with E-state index in [1.165, 1.54) is 11.1 Å². The third-order valence-electron chi connectivity index (χ3n) is 6.61. The predicted molar refractivity (Wildman–Crippen MR) is 91.0 cm³/mol. The molecule has 126 valence electrons. The fraction of sp³-hybridized carbons (Fsp3) is 0.650. The van der Waals surface area contributed by atoms with Crippen molar-refractivity contribution in [2.45, 2.75) is 71.1 Å². The zero-order valence-corrected chi connectivity index (χ0v) is 14.6.